The lowest BCUT2D eigenvalue weighted by atomic mass is 9.73. The number of esters is 1. The van der Waals surface area contributed by atoms with E-state index in [9.17, 15) is 9.59 Å². The summed E-state index contributed by atoms with van der Waals surface area (Å²) in [6.45, 7) is 6.48. The SMILES string of the molecule is Cc1cc(C)c(NC(=O)C2CC=C[C@@H]3CCOC(=O)[C@H]23)c(C)c1. The molecule has 1 aliphatic carbocycles. The summed E-state index contributed by atoms with van der Waals surface area (Å²) in [6, 6.07) is 4.11. The maximum atomic E-state index is 12.8. The number of hydrogen-bond donors (Lipinski definition) is 1. The van der Waals surface area contributed by atoms with Crippen LogP contribution in [0.5, 0.6) is 0 Å². The van der Waals surface area contributed by atoms with Gasteiger partial charge >= 0.3 is 5.97 Å². The number of ether oxygens (including phenoxy) is 1. The zero-order valence-corrected chi connectivity index (χ0v) is 13.9. The molecule has 1 saturated heterocycles. The molecule has 0 bridgehead atoms. The Morgan fingerprint density at radius 3 is 2.61 bits per heavy atom. The highest BCUT2D eigenvalue weighted by Gasteiger charge is 2.43. The van der Waals surface area contributed by atoms with Crippen molar-refractivity contribution in [1.29, 1.82) is 0 Å². The van der Waals surface area contributed by atoms with Crippen LogP contribution in [0.2, 0.25) is 0 Å². The second-order valence-electron chi connectivity index (χ2n) is 6.68. The van der Waals surface area contributed by atoms with Gasteiger partial charge in [0.25, 0.3) is 0 Å². The van der Waals surface area contributed by atoms with Gasteiger partial charge in [-0.15, -0.1) is 0 Å². The summed E-state index contributed by atoms with van der Waals surface area (Å²) >= 11 is 0. The maximum absolute atomic E-state index is 12.8. The van der Waals surface area contributed by atoms with E-state index in [1.807, 2.05) is 26.8 Å². The van der Waals surface area contributed by atoms with Crippen LogP contribution >= 0.6 is 0 Å². The zero-order valence-electron chi connectivity index (χ0n) is 13.9. The largest absolute Gasteiger partial charge is 0.465 e. The van der Waals surface area contributed by atoms with Crippen LogP contribution in [0.4, 0.5) is 5.69 Å². The van der Waals surface area contributed by atoms with Gasteiger partial charge in [0.05, 0.1) is 18.4 Å². The van der Waals surface area contributed by atoms with Gasteiger partial charge in [0, 0.05) is 5.69 Å². The first-order valence-corrected chi connectivity index (χ1v) is 8.19. The van der Waals surface area contributed by atoms with Crippen molar-refractivity contribution >= 4 is 17.6 Å². The molecule has 0 aromatic heterocycles. The summed E-state index contributed by atoms with van der Waals surface area (Å²) in [5.74, 6) is -0.889. The molecule has 0 saturated carbocycles. The third-order valence-electron chi connectivity index (χ3n) is 4.90. The van der Waals surface area contributed by atoms with Crippen LogP contribution in [0.15, 0.2) is 24.3 Å². The number of cyclic esters (lactones) is 1. The van der Waals surface area contributed by atoms with Gasteiger partial charge in [-0.25, -0.2) is 0 Å². The molecule has 1 aromatic rings. The zero-order chi connectivity index (χ0) is 16.6. The molecular weight excluding hydrogens is 290 g/mol. The summed E-state index contributed by atoms with van der Waals surface area (Å²) in [6.07, 6.45) is 5.49. The molecule has 1 N–H and O–H groups in total. The fourth-order valence-electron chi connectivity index (χ4n) is 3.83. The summed E-state index contributed by atoms with van der Waals surface area (Å²) in [5, 5.41) is 3.05. The summed E-state index contributed by atoms with van der Waals surface area (Å²) < 4.78 is 5.19. The van der Waals surface area contributed by atoms with Crippen LogP contribution in [0.3, 0.4) is 0 Å². The molecule has 1 heterocycles. The minimum Gasteiger partial charge on any atom is -0.465 e. The molecule has 1 unspecified atom stereocenters. The van der Waals surface area contributed by atoms with Gasteiger partial charge in [-0.1, -0.05) is 29.8 Å². The number of rotatable bonds is 2. The van der Waals surface area contributed by atoms with Crippen LogP contribution in [0.1, 0.15) is 29.5 Å². The number of allylic oxidation sites excluding steroid dienone is 2. The molecule has 1 aromatic carbocycles. The first-order chi connectivity index (χ1) is 11.0. The van der Waals surface area contributed by atoms with E-state index in [1.54, 1.807) is 0 Å². The van der Waals surface area contributed by atoms with Gasteiger partial charge < -0.3 is 10.1 Å². The Balaban J connectivity index is 1.83. The molecule has 0 spiro atoms. The Hall–Kier alpha value is -2.10. The van der Waals surface area contributed by atoms with E-state index >= 15 is 0 Å². The molecule has 1 fully saturated rings. The fraction of sp³-hybridized carbons (Fsp3) is 0.474. The normalized spacial score (nSPS) is 26.4. The molecule has 4 nitrogen and oxygen atoms in total. The molecule has 3 atom stereocenters. The molecule has 0 radical (unpaired) electrons. The highest BCUT2D eigenvalue weighted by atomic mass is 16.5. The first kappa shape index (κ1) is 15.8. The van der Waals surface area contributed by atoms with Gasteiger partial charge in [0.1, 0.15) is 0 Å². The van der Waals surface area contributed by atoms with Gasteiger partial charge in [-0.05, 0) is 50.7 Å². The van der Waals surface area contributed by atoms with Crippen molar-refractivity contribution in [2.45, 2.75) is 33.6 Å². The highest BCUT2D eigenvalue weighted by Crippen LogP contribution is 2.37. The average Bonchev–Trinajstić information content (AvgIpc) is 2.50. The number of nitrogens with one attached hydrogen (secondary N) is 1. The Bertz CT molecular complexity index is 654. The number of aryl methyl sites for hydroxylation is 3. The van der Waals surface area contributed by atoms with Crippen molar-refractivity contribution in [3.63, 3.8) is 0 Å². The Morgan fingerprint density at radius 2 is 1.91 bits per heavy atom. The Morgan fingerprint density at radius 1 is 1.22 bits per heavy atom. The number of anilines is 1. The quantitative estimate of drug-likeness (QED) is 0.673. The molecule has 2 aliphatic rings. The van der Waals surface area contributed by atoms with E-state index in [0.29, 0.717) is 13.0 Å². The van der Waals surface area contributed by atoms with Crippen molar-refractivity contribution < 1.29 is 14.3 Å². The third-order valence-corrected chi connectivity index (χ3v) is 4.90. The average molecular weight is 313 g/mol. The predicted octanol–water partition coefficient (Wildman–Crippen LogP) is 3.31. The van der Waals surface area contributed by atoms with Crippen molar-refractivity contribution in [3.8, 4) is 0 Å². The molecule has 122 valence electrons. The van der Waals surface area contributed by atoms with E-state index in [2.05, 4.69) is 23.5 Å². The number of fused-ring (bicyclic) bond motifs is 1. The first-order valence-electron chi connectivity index (χ1n) is 8.19. The molecule has 4 heteroatoms. The lowest BCUT2D eigenvalue weighted by molar-refractivity contribution is -0.160. The summed E-state index contributed by atoms with van der Waals surface area (Å²) in [5.41, 5.74) is 4.13. The Labute approximate surface area is 136 Å². The smallest absolute Gasteiger partial charge is 0.310 e. The second kappa shape index (κ2) is 6.19. The van der Waals surface area contributed by atoms with E-state index in [4.69, 9.17) is 4.74 Å². The van der Waals surface area contributed by atoms with Crippen LogP contribution in [-0.2, 0) is 14.3 Å². The van der Waals surface area contributed by atoms with Crippen LogP contribution in [0, 0.1) is 38.5 Å². The number of hydrogen-bond acceptors (Lipinski definition) is 3. The lowest BCUT2D eigenvalue weighted by Gasteiger charge is -2.35. The predicted molar refractivity (Wildman–Crippen MR) is 89.1 cm³/mol. The van der Waals surface area contributed by atoms with Crippen LogP contribution < -0.4 is 5.32 Å². The molecule has 23 heavy (non-hydrogen) atoms. The topological polar surface area (TPSA) is 55.4 Å². The minimum absolute atomic E-state index is 0.0850. The monoisotopic (exact) mass is 313 g/mol. The standard InChI is InChI=1S/C19H23NO3/c1-11-9-12(2)17(13(3)10-11)20-18(21)15-6-4-5-14-7-8-23-19(22)16(14)15/h4-5,9-10,14-16H,6-8H2,1-3H3,(H,20,21)/t14-,15?,16+/m1/s1. The van der Waals surface area contributed by atoms with Crippen molar-refractivity contribution in [2.24, 2.45) is 17.8 Å². The summed E-state index contributed by atoms with van der Waals surface area (Å²) in [7, 11) is 0. The molecule has 3 rings (SSSR count). The van der Waals surface area contributed by atoms with Gasteiger partial charge in [-0.3, -0.25) is 9.59 Å². The third kappa shape index (κ3) is 3.03. The van der Waals surface area contributed by atoms with Crippen molar-refractivity contribution in [2.75, 3.05) is 11.9 Å². The molecule has 1 aliphatic heterocycles. The number of carbonyl (C=O) groups excluding carboxylic acids is 2. The lowest BCUT2D eigenvalue weighted by Crippen LogP contribution is -2.43. The fourth-order valence-corrected chi connectivity index (χ4v) is 3.83. The van der Waals surface area contributed by atoms with Gasteiger partial charge in [0.2, 0.25) is 5.91 Å². The summed E-state index contributed by atoms with van der Waals surface area (Å²) in [4.78, 5) is 24.9. The maximum Gasteiger partial charge on any atom is 0.310 e. The molecule has 1 amide bonds. The van der Waals surface area contributed by atoms with Crippen molar-refractivity contribution in [1.82, 2.24) is 0 Å². The van der Waals surface area contributed by atoms with Crippen molar-refractivity contribution in [3.05, 3.63) is 41.0 Å². The number of amides is 1. The van der Waals surface area contributed by atoms with E-state index < -0.39 is 0 Å². The van der Waals surface area contributed by atoms with E-state index in [-0.39, 0.29) is 29.6 Å². The van der Waals surface area contributed by atoms with E-state index in [0.717, 1.165) is 23.2 Å². The van der Waals surface area contributed by atoms with Gasteiger partial charge in [0.15, 0.2) is 0 Å². The number of benzene rings is 1. The second-order valence-corrected chi connectivity index (χ2v) is 6.68. The minimum atomic E-state index is -0.349. The van der Waals surface area contributed by atoms with Gasteiger partial charge in [-0.2, -0.15) is 0 Å². The van der Waals surface area contributed by atoms with Crippen LogP contribution in [-0.4, -0.2) is 18.5 Å². The molecular formula is C19H23NO3. The van der Waals surface area contributed by atoms with Crippen LogP contribution in [0.25, 0.3) is 0 Å². The van der Waals surface area contributed by atoms with E-state index in [1.165, 1.54) is 5.56 Å². The Kier molecular flexibility index (Phi) is 4.24. The highest BCUT2D eigenvalue weighted by molar-refractivity contribution is 5.97. The number of carbonyl (C=O) groups is 2.